The molecule has 0 aliphatic rings. The lowest BCUT2D eigenvalue weighted by Gasteiger charge is -2.18. The minimum atomic E-state index is -1.59. The van der Waals surface area contributed by atoms with Gasteiger partial charge in [0.25, 0.3) is 0 Å². The molecule has 0 aromatic rings. The predicted octanol–water partition coefficient (Wildman–Crippen LogP) is 1.29. The summed E-state index contributed by atoms with van der Waals surface area (Å²) in [6, 6.07) is -0.628. The third kappa shape index (κ3) is 4.67. The maximum atomic E-state index is 9.23. The molecule has 0 radical (unpaired) electrons. The lowest BCUT2D eigenvalue weighted by atomic mass is 10.5. The number of methoxy groups -OCH3 is 2. The van der Waals surface area contributed by atoms with Crippen molar-refractivity contribution in [3.63, 3.8) is 0 Å². The van der Waals surface area contributed by atoms with Gasteiger partial charge >= 0.3 is 0 Å². The molecule has 4 nitrogen and oxygen atoms in total. The Morgan fingerprint density at radius 1 is 1.36 bits per heavy atom. The summed E-state index contributed by atoms with van der Waals surface area (Å²) in [6.07, 6.45) is 0.875. The Kier molecular flexibility index (Phi) is 7.12. The third-order valence-electron chi connectivity index (χ3n) is 1.01. The van der Waals surface area contributed by atoms with E-state index in [4.69, 9.17) is 14.0 Å². The van der Waals surface area contributed by atoms with Gasteiger partial charge in [-0.1, -0.05) is 6.92 Å². The Morgan fingerprint density at radius 2 is 1.91 bits per heavy atom. The lowest BCUT2D eigenvalue weighted by molar-refractivity contribution is -0.0524. The average Bonchev–Trinajstić information content (AvgIpc) is 2.03. The summed E-state index contributed by atoms with van der Waals surface area (Å²) in [5.74, 6) is 0. The van der Waals surface area contributed by atoms with Gasteiger partial charge in [-0.25, -0.2) is 0 Å². The fourth-order valence-corrected chi connectivity index (χ4v) is 1.37. The fraction of sp³-hybridized carbons (Fsp3) is 1.00. The standard InChI is InChI=1S/C6H15O4P/c1-4-5-10-11(7)6(8-2)9-3/h6-7H,4-5H2,1-3H3. The van der Waals surface area contributed by atoms with E-state index in [0.717, 1.165) is 6.42 Å². The van der Waals surface area contributed by atoms with Crippen molar-refractivity contribution in [2.24, 2.45) is 0 Å². The van der Waals surface area contributed by atoms with Crippen LogP contribution in [0.3, 0.4) is 0 Å². The first-order valence-corrected chi connectivity index (χ1v) is 4.71. The third-order valence-corrected chi connectivity index (χ3v) is 2.24. The molecule has 0 spiro atoms. The molecule has 0 amide bonds. The van der Waals surface area contributed by atoms with Crippen LogP contribution in [0.25, 0.3) is 0 Å². The molecule has 5 heteroatoms. The van der Waals surface area contributed by atoms with Gasteiger partial charge in [0.2, 0.25) is 14.4 Å². The second-order valence-corrected chi connectivity index (χ2v) is 3.20. The summed E-state index contributed by atoms with van der Waals surface area (Å²) in [4.78, 5) is 9.23. The molecule has 0 rings (SSSR count). The Hall–Kier alpha value is 0.270. The minimum Gasteiger partial charge on any atom is -0.348 e. The smallest absolute Gasteiger partial charge is 0.228 e. The summed E-state index contributed by atoms with van der Waals surface area (Å²) in [7, 11) is 1.34. The van der Waals surface area contributed by atoms with Crippen LogP contribution in [0, 0.1) is 0 Å². The van der Waals surface area contributed by atoms with E-state index in [0.29, 0.717) is 6.61 Å². The second kappa shape index (κ2) is 6.95. The normalized spacial score (nSPS) is 13.9. The van der Waals surface area contributed by atoms with E-state index in [2.05, 4.69) is 0 Å². The van der Waals surface area contributed by atoms with Crippen LogP contribution in [0.4, 0.5) is 0 Å². The van der Waals surface area contributed by atoms with Gasteiger partial charge < -0.3 is 18.9 Å². The zero-order valence-electron chi connectivity index (χ0n) is 7.11. The molecule has 0 aromatic heterocycles. The van der Waals surface area contributed by atoms with Gasteiger partial charge in [0.1, 0.15) is 0 Å². The SMILES string of the molecule is CCCOP(O)C(OC)OC. The fourth-order valence-electron chi connectivity index (χ4n) is 0.522. The van der Waals surface area contributed by atoms with E-state index in [1.807, 2.05) is 6.92 Å². The van der Waals surface area contributed by atoms with Crippen molar-refractivity contribution >= 4 is 8.38 Å². The van der Waals surface area contributed by atoms with Gasteiger partial charge in [-0.15, -0.1) is 0 Å². The highest BCUT2D eigenvalue weighted by Gasteiger charge is 2.18. The van der Waals surface area contributed by atoms with Gasteiger partial charge in [0, 0.05) is 14.2 Å². The highest BCUT2D eigenvalue weighted by atomic mass is 31.2. The molecule has 0 aliphatic heterocycles. The summed E-state index contributed by atoms with van der Waals surface area (Å²) in [5.41, 5.74) is 0. The van der Waals surface area contributed by atoms with Gasteiger partial charge in [-0.3, -0.25) is 0 Å². The molecule has 0 aliphatic carbocycles. The molecule has 1 atom stereocenters. The molecule has 11 heavy (non-hydrogen) atoms. The second-order valence-electron chi connectivity index (χ2n) is 1.91. The number of hydrogen-bond donors (Lipinski definition) is 1. The first-order chi connectivity index (χ1) is 5.26. The number of hydrogen-bond acceptors (Lipinski definition) is 4. The average molecular weight is 182 g/mol. The summed E-state index contributed by atoms with van der Waals surface area (Å²) in [5, 5.41) is 0. The molecule has 0 heterocycles. The van der Waals surface area contributed by atoms with E-state index < -0.39 is 14.4 Å². The van der Waals surface area contributed by atoms with Crippen LogP contribution >= 0.6 is 8.38 Å². The largest absolute Gasteiger partial charge is 0.348 e. The Morgan fingerprint density at radius 3 is 2.27 bits per heavy atom. The molecule has 1 unspecified atom stereocenters. The highest BCUT2D eigenvalue weighted by molar-refractivity contribution is 7.46. The molecule has 68 valence electrons. The maximum absolute atomic E-state index is 9.23. The van der Waals surface area contributed by atoms with E-state index in [1.54, 1.807) is 0 Å². The predicted molar refractivity (Wildman–Crippen MR) is 43.2 cm³/mol. The summed E-state index contributed by atoms with van der Waals surface area (Å²) >= 11 is 0. The van der Waals surface area contributed by atoms with Crippen molar-refractivity contribution in [3.05, 3.63) is 0 Å². The summed E-state index contributed by atoms with van der Waals surface area (Å²) < 4.78 is 14.6. The number of ether oxygens (including phenoxy) is 2. The van der Waals surface area contributed by atoms with Crippen LogP contribution in [-0.2, 0) is 14.0 Å². The quantitative estimate of drug-likeness (QED) is 0.496. The van der Waals surface area contributed by atoms with Gasteiger partial charge in [0.15, 0.2) is 0 Å². The van der Waals surface area contributed by atoms with Gasteiger partial charge in [-0.05, 0) is 6.42 Å². The summed E-state index contributed by atoms with van der Waals surface area (Å²) in [6.45, 7) is 2.50. The molecule has 0 saturated heterocycles. The van der Waals surface area contributed by atoms with Gasteiger partial charge in [0.05, 0.1) is 6.61 Å². The van der Waals surface area contributed by atoms with Crippen LogP contribution < -0.4 is 0 Å². The van der Waals surface area contributed by atoms with E-state index in [9.17, 15) is 4.89 Å². The molecule has 0 aromatic carbocycles. The van der Waals surface area contributed by atoms with Crippen molar-refractivity contribution in [3.8, 4) is 0 Å². The van der Waals surface area contributed by atoms with E-state index in [-0.39, 0.29) is 0 Å². The van der Waals surface area contributed by atoms with Crippen LogP contribution in [0.5, 0.6) is 0 Å². The molecule has 0 bridgehead atoms. The molecule has 0 fully saturated rings. The number of rotatable bonds is 6. The molecule has 1 N–H and O–H groups in total. The van der Waals surface area contributed by atoms with Crippen molar-refractivity contribution in [2.45, 2.75) is 19.4 Å². The zero-order valence-corrected chi connectivity index (χ0v) is 8.01. The van der Waals surface area contributed by atoms with Crippen LogP contribution in [0.15, 0.2) is 0 Å². The zero-order chi connectivity index (χ0) is 8.69. The molecule has 0 saturated carbocycles. The Labute approximate surface area is 68.4 Å². The van der Waals surface area contributed by atoms with Crippen molar-refractivity contribution in [1.82, 2.24) is 0 Å². The van der Waals surface area contributed by atoms with Crippen LogP contribution in [0.1, 0.15) is 13.3 Å². The first kappa shape index (κ1) is 11.3. The Bertz CT molecular complexity index is 86.7. The molecular weight excluding hydrogens is 167 g/mol. The monoisotopic (exact) mass is 182 g/mol. The topological polar surface area (TPSA) is 47.9 Å². The Balaban J connectivity index is 3.51. The highest BCUT2D eigenvalue weighted by Crippen LogP contribution is 2.38. The van der Waals surface area contributed by atoms with Gasteiger partial charge in [-0.2, -0.15) is 0 Å². The van der Waals surface area contributed by atoms with Crippen molar-refractivity contribution in [1.29, 1.82) is 0 Å². The van der Waals surface area contributed by atoms with E-state index >= 15 is 0 Å². The lowest BCUT2D eigenvalue weighted by Crippen LogP contribution is -2.11. The van der Waals surface area contributed by atoms with Crippen molar-refractivity contribution < 1.29 is 18.9 Å². The minimum absolute atomic E-state index is 0.533. The van der Waals surface area contributed by atoms with E-state index in [1.165, 1.54) is 14.2 Å². The van der Waals surface area contributed by atoms with Crippen molar-refractivity contribution in [2.75, 3.05) is 20.8 Å². The molecular formula is C6H15O4P. The van der Waals surface area contributed by atoms with Crippen LogP contribution in [0.2, 0.25) is 0 Å². The first-order valence-electron chi connectivity index (χ1n) is 3.42. The van der Waals surface area contributed by atoms with Crippen LogP contribution in [-0.4, -0.2) is 31.8 Å². The maximum Gasteiger partial charge on any atom is 0.228 e.